The zero-order chi connectivity index (χ0) is 23.2. The zero-order valence-electron chi connectivity index (χ0n) is 20.0. The molecular weight excluding hydrogens is 412 g/mol. The summed E-state index contributed by atoms with van der Waals surface area (Å²) in [6, 6.07) is 21.6. The Balaban J connectivity index is 1.93. The standard InChI is InChI=1S/C28H38O3Si/c1-5-23(27(29)30)20-19-22-13-12-14-24(21-22)31-32(28(2,3)4,25-15-8-6-9-16-25)26-17-10-7-11-18-26/h6-11,15-18,20,22,24H,5,12-14,19,21H2,1-4H3,(H,29,30)/t22-,24-/m0/s1. The number of carboxylic acids is 1. The molecular formula is C28H38O3Si. The van der Waals surface area contributed by atoms with Gasteiger partial charge in [-0.05, 0) is 53.4 Å². The Morgan fingerprint density at radius 2 is 1.59 bits per heavy atom. The first-order valence-corrected chi connectivity index (χ1v) is 13.9. The summed E-state index contributed by atoms with van der Waals surface area (Å²) < 4.78 is 7.33. The molecule has 0 saturated heterocycles. The third-order valence-electron chi connectivity index (χ3n) is 6.85. The minimum Gasteiger partial charge on any atom is -0.478 e. The highest BCUT2D eigenvalue weighted by molar-refractivity contribution is 6.99. The highest BCUT2D eigenvalue weighted by Crippen LogP contribution is 2.40. The van der Waals surface area contributed by atoms with Gasteiger partial charge in [-0.3, -0.25) is 0 Å². The number of rotatable bonds is 8. The third-order valence-corrected chi connectivity index (χ3v) is 11.9. The van der Waals surface area contributed by atoms with Gasteiger partial charge in [0.15, 0.2) is 0 Å². The number of allylic oxidation sites excluding steroid dienone is 1. The molecule has 4 heteroatoms. The summed E-state index contributed by atoms with van der Waals surface area (Å²) >= 11 is 0. The van der Waals surface area contributed by atoms with Gasteiger partial charge in [0.25, 0.3) is 8.32 Å². The fraction of sp³-hybridized carbons (Fsp3) is 0.464. The zero-order valence-corrected chi connectivity index (χ0v) is 21.0. The molecule has 1 fully saturated rings. The SMILES string of the molecule is CCC(=CC[C@@H]1CCC[C@H](O[Si](c2ccccc2)(c2ccccc2)C(C)(C)C)C1)C(=O)O. The summed E-state index contributed by atoms with van der Waals surface area (Å²) in [5.41, 5.74) is 0.528. The van der Waals surface area contributed by atoms with Crippen molar-refractivity contribution in [3.8, 4) is 0 Å². The Labute approximate surface area is 194 Å². The van der Waals surface area contributed by atoms with Crippen LogP contribution >= 0.6 is 0 Å². The lowest BCUT2D eigenvalue weighted by Gasteiger charge is -2.46. The van der Waals surface area contributed by atoms with Gasteiger partial charge in [0.2, 0.25) is 0 Å². The Morgan fingerprint density at radius 1 is 1.03 bits per heavy atom. The first-order valence-electron chi connectivity index (χ1n) is 12.0. The smallest absolute Gasteiger partial charge is 0.331 e. The second-order valence-corrected chi connectivity index (χ2v) is 14.3. The van der Waals surface area contributed by atoms with Gasteiger partial charge in [0.1, 0.15) is 0 Å². The number of hydrogen-bond acceptors (Lipinski definition) is 2. The number of aliphatic carboxylic acids is 1. The van der Waals surface area contributed by atoms with Gasteiger partial charge in [-0.2, -0.15) is 0 Å². The molecule has 1 aliphatic carbocycles. The second kappa shape index (κ2) is 10.6. The second-order valence-electron chi connectivity index (χ2n) is 10.1. The molecule has 0 spiro atoms. The van der Waals surface area contributed by atoms with E-state index in [0.717, 1.165) is 32.1 Å². The first kappa shape index (κ1) is 24.5. The van der Waals surface area contributed by atoms with Crippen LogP contribution in [0.1, 0.15) is 66.2 Å². The van der Waals surface area contributed by atoms with Crippen LogP contribution in [0.15, 0.2) is 72.3 Å². The van der Waals surface area contributed by atoms with Crippen molar-refractivity contribution in [3.63, 3.8) is 0 Å². The molecule has 0 heterocycles. The summed E-state index contributed by atoms with van der Waals surface area (Å²) in [7, 11) is -2.55. The van der Waals surface area contributed by atoms with E-state index in [2.05, 4.69) is 81.4 Å². The Hall–Kier alpha value is -2.17. The van der Waals surface area contributed by atoms with E-state index in [1.807, 2.05) is 13.0 Å². The number of carbonyl (C=O) groups is 1. The maximum atomic E-state index is 11.4. The molecule has 3 nitrogen and oxygen atoms in total. The molecule has 3 rings (SSSR count). The van der Waals surface area contributed by atoms with Crippen molar-refractivity contribution in [3.05, 3.63) is 72.3 Å². The van der Waals surface area contributed by atoms with E-state index in [1.54, 1.807) is 0 Å². The van der Waals surface area contributed by atoms with Crippen LogP contribution in [0.5, 0.6) is 0 Å². The van der Waals surface area contributed by atoms with Gasteiger partial charge in [-0.15, -0.1) is 0 Å². The summed E-state index contributed by atoms with van der Waals surface area (Å²) in [4.78, 5) is 11.4. The van der Waals surface area contributed by atoms with Crippen LogP contribution in [0.3, 0.4) is 0 Å². The molecule has 0 aromatic heterocycles. The topological polar surface area (TPSA) is 46.5 Å². The van der Waals surface area contributed by atoms with Crippen LogP contribution < -0.4 is 10.4 Å². The molecule has 0 unspecified atom stereocenters. The Bertz CT molecular complexity index is 860. The molecule has 1 N–H and O–H groups in total. The van der Waals surface area contributed by atoms with Crippen molar-refractivity contribution < 1.29 is 14.3 Å². The van der Waals surface area contributed by atoms with Gasteiger partial charge in [0, 0.05) is 11.7 Å². The molecule has 2 aromatic rings. The van der Waals surface area contributed by atoms with Crippen LogP contribution in [-0.2, 0) is 9.22 Å². The third kappa shape index (κ3) is 5.41. The molecule has 2 aromatic carbocycles. The van der Waals surface area contributed by atoms with Gasteiger partial charge >= 0.3 is 5.97 Å². The predicted molar refractivity (Wildman–Crippen MR) is 135 cm³/mol. The average Bonchev–Trinajstić information content (AvgIpc) is 2.78. The normalized spacial score (nSPS) is 20.2. The van der Waals surface area contributed by atoms with Crippen LogP contribution in [0.2, 0.25) is 5.04 Å². The lowest BCUT2D eigenvalue weighted by atomic mass is 9.84. The summed E-state index contributed by atoms with van der Waals surface area (Å²) in [6.07, 6.45) is 7.90. The van der Waals surface area contributed by atoms with E-state index in [1.165, 1.54) is 10.4 Å². The molecule has 0 radical (unpaired) electrons. The number of hydrogen-bond donors (Lipinski definition) is 1. The van der Waals surface area contributed by atoms with Crippen LogP contribution in [-0.4, -0.2) is 25.5 Å². The maximum absolute atomic E-state index is 11.4. The van der Waals surface area contributed by atoms with Crippen LogP contribution in [0.25, 0.3) is 0 Å². The van der Waals surface area contributed by atoms with Gasteiger partial charge < -0.3 is 9.53 Å². The number of benzene rings is 2. The van der Waals surface area contributed by atoms with Crippen molar-refractivity contribution >= 4 is 24.7 Å². The van der Waals surface area contributed by atoms with Crippen molar-refractivity contribution in [2.24, 2.45) is 5.92 Å². The van der Waals surface area contributed by atoms with Gasteiger partial charge in [-0.25, -0.2) is 4.79 Å². The summed E-state index contributed by atoms with van der Waals surface area (Å²) in [6.45, 7) is 8.88. The molecule has 1 aliphatic rings. The monoisotopic (exact) mass is 450 g/mol. The molecule has 172 valence electrons. The molecule has 0 bridgehead atoms. The van der Waals surface area contributed by atoms with E-state index >= 15 is 0 Å². The maximum Gasteiger partial charge on any atom is 0.331 e. The quantitative estimate of drug-likeness (QED) is 0.400. The molecule has 2 atom stereocenters. The molecule has 32 heavy (non-hydrogen) atoms. The van der Waals surface area contributed by atoms with Crippen molar-refractivity contribution in [1.82, 2.24) is 0 Å². The minimum absolute atomic E-state index is 0.0265. The number of carboxylic acid groups (broad SMARTS) is 1. The average molecular weight is 451 g/mol. The minimum atomic E-state index is -2.55. The molecule has 0 aliphatic heterocycles. The fourth-order valence-corrected chi connectivity index (χ4v) is 9.92. The van der Waals surface area contributed by atoms with Gasteiger partial charge in [-0.1, -0.05) is 101 Å². The van der Waals surface area contributed by atoms with E-state index in [-0.39, 0.29) is 11.1 Å². The first-order chi connectivity index (χ1) is 15.3. The summed E-state index contributed by atoms with van der Waals surface area (Å²) in [5.74, 6) is -0.309. The molecule has 0 amide bonds. The summed E-state index contributed by atoms with van der Waals surface area (Å²) in [5, 5.41) is 12.0. The largest absolute Gasteiger partial charge is 0.478 e. The van der Waals surface area contributed by atoms with Gasteiger partial charge in [0.05, 0.1) is 0 Å². The Morgan fingerprint density at radius 3 is 2.06 bits per heavy atom. The highest BCUT2D eigenvalue weighted by atomic mass is 28.4. The predicted octanol–water partition coefficient (Wildman–Crippen LogP) is 5.93. The fourth-order valence-electron chi connectivity index (χ4n) is 5.20. The van der Waals surface area contributed by atoms with Crippen LogP contribution in [0.4, 0.5) is 0 Å². The van der Waals surface area contributed by atoms with E-state index in [9.17, 15) is 9.90 Å². The van der Waals surface area contributed by atoms with E-state index in [0.29, 0.717) is 17.9 Å². The lowest BCUT2D eigenvalue weighted by Crippen LogP contribution is -2.67. The lowest BCUT2D eigenvalue weighted by molar-refractivity contribution is -0.132. The van der Waals surface area contributed by atoms with E-state index < -0.39 is 14.3 Å². The van der Waals surface area contributed by atoms with Crippen LogP contribution in [0, 0.1) is 5.92 Å². The van der Waals surface area contributed by atoms with Crippen molar-refractivity contribution in [2.75, 3.05) is 0 Å². The van der Waals surface area contributed by atoms with E-state index in [4.69, 9.17) is 4.43 Å². The Kier molecular flexibility index (Phi) is 8.13. The van der Waals surface area contributed by atoms with Crippen molar-refractivity contribution in [1.29, 1.82) is 0 Å². The highest BCUT2D eigenvalue weighted by Gasteiger charge is 2.51. The van der Waals surface area contributed by atoms with Crippen molar-refractivity contribution in [2.45, 2.75) is 77.4 Å². The molecule has 1 saturated carbocycles.